The molecule has 0 aliphatic carbocycles. The highest BCUT2D eigenvalue weighted by Gasteiger charge is 2.22. The number of carbonyl (C=O) groups excluding carboxylic acids is 2. The standard InChI is InChI=1S/C24H31FN4O3/c1-17(2)27-24(31)26-15-18-4-7-20(8-5-18)23(30)29-12-10-28(11-13-29)16-19-6-9-22(32-3)21(25)14-19/h4-9,14,17H,10-13,15-16H2,1-3H3,(H2,26,27,31). The second-order valence-electron chi connectivity index (χ2n) is 8.22. The molecule has 1 heterocycles. The van der Waals surface area contributed by atoms with Gasteiger partial charge in [0.2, 0.25) is 0 Å². The Morgan fingerprint density at radius 3 is 2.28 bits per heavy atom. The van der Waals surface area contributed by atoms with Crippen LogP contribution < -0.4 is 15.4 Å². The lowest BCUT2D eigenvalue weighted by Crippen LogP contribution is -2.48. The summed E-state index contributed by atoms with van der Waals surface area (Å²) in [6, 6.07) is 12.2. The molecule has 172 valence electrons. The Bertz CT molecular complexity index is 925. The van der Waals surface area contributed by atoms with E-state index in [4.69, 9.17) is 4.74 Å². The van der Waals surface area contributed by atoms with Gasteiger partial charge in [-0.3, -0.25) is 9.69 Å². The Balaban J connectivity index is 1.47. The third-order valence-electron chi connectivity index (χ3n) is 5.36. The van der Waals surface area contributed by atoms with Crippen LogP contribution in [0.4, 0.5) is 9.18 Å². The summed E-state index contributed by atoms with van der Waals surface area (Å²) in [5.74, 6) is -0.125. The summed E-state index contributed by atoms with van der Waals surface area (Å²) in [6.07, 6.45) is 0. The van der Waals surface area contributed by atoms with Crippen molar-refractivity contribution in [3.8, 4) is 5.75 Å². The molecule has 8 heteroatoms. The summed E-state index contributed by atoms with van der Waals surface area (Å²) in [4.78, 5) is 28.6. The van der Waals surface area contributed by atoms with E-state index in [9.17, 15) is 14.0 Å². The predicted octanol–water partition coefficient (Wildman–Crippen LogP) is 3.00. The monoisotopic (exact) mass is 442 g/mol. The summed E-state index contributed by atoms with van der Waals surface area (Å²) in [5.41, 5.74) is 2.44. The van der Waals surface area contributed by atoms with Crippen LogP contribution in [0.2, 0.25) is 0 Å². The highest BCUT2D eigenvalue weighted by Crippen LogP contribution is 2.19. The Hall–Kier alpha value is -3.13. The molecule has 0 radical (unpaired) electrons. The number of amides is 3. The van der Waals surface area contributed by atoms with Crippen LogP contribution >= 0.6 is 0 Å². The van der Waals surface area contributed by atoms with Crippen LogP contribution in [0.5, 0.6) is 5.75 Å². The fourth-order valence-electron chi connectivity index (χ4n) is 3.62. The van der Waals surface area contributed by atoms with Crippen molar-refractivity contribution in [1.82, 2.24) is 20.4 Å². The highest BCUT2D eigenvalue weighted by atomic mass is 19.1. The van der Waals surface area contributed by atoms with Crippen molar-refractivity contribution in [1.29, 1.82) is 0 Å². The molecular weight excluding hydrogens is 411 g/mol. The van der Waals surface area contributed by atoms with Gasteiger partial charge in [-0.05, 0) is 49.2 Å². The molecule has 1 saturated heterocycles. The number of urea groups is 1. The Labute approximate surface area is 188 Å². The van der Waals surface area contributed by atoms with E-state index in [1.54, 1.807) is 18.2 Å². The summed E-state index contributed by atoms with van der Waals surface area (Å²) in [7, 11) is 1.45. The van der Waals surface area contributed by atoms with Gasteiger partial charge in [-0.1, -0.05) is 18.2 Å². The summed E-state index contributed by atoms with van der Waals surface area (Å²) < 4.78 is 18.9. The van der Waals surface area contributed by atoms with Crippen molar-refractivity contribution in [2.45, 2.75) is 33.0 Å². The largest absolute Gasteiger partial charge is 0.494 e. The molecule has 2 N–H and O–H groups in total. The number of nitrogens with one attached hydrogen (secondary N) is 2. The molecule has 1 fully saturated rings. The van der Waals surface area contributed by atoms with Gasteiger partial charge >= 0.3 is 6.03 Å². The first-order chi connectivity index (χ1) is 15.4. The number of nitrogens with zero attached hydrogens (tertiary/aromatic N) is 2. The minimum atomic E-state index is -0.363. The van der Waals surface area contributed by atoms with Crippen LogP contribution in [0.3, 0.4) is 0 Å². The molecule has 2 aromatic rings. The predicted molar refractivity (Wildman–Crippen MR) is 121 cm³/mol. The van der Waals surface area contributed by atoms with Gasteiger partial charge in [-0.25, -0.2) is 9.18 Å². The molecule has 0 aromatic heterocycles. The number of rotatable bonds is 7. The van der Waals surface area contributed by atoms with Crippen molar-refractivity contribution in [3.63, 3.8) is 0 Å². The number of benzene rings is 2. The van der Waals surface area contributed by atoms with E-state index < -0.39 is 0 Å². The summed E-state index contributed by atoms with van der Waals surface area (Å²) in [5, 5.41) is 5.57. The van der Waals surface area contributed by atoms with E-state index in [-0.39, 0.29) is 29.5 Å². The van der Waals surface area contributed by atoms with Gasteiger partial charge in [-0.15, -0.1) is 0 Å². The Kier molecular flexibility index (Phi) is 8.05. The van der Waals surface area contributed by atoms with Crippen LogP contribution in [-0.2, 0) is 13.1 Å². The van der Waals surface area contributed by atoms with Gasteiger partial charge < -0.3 is 20.3 Å². The van der Waals surface area contributed by atoms with Crippen molar-refractivity contribution in [2.24, 2.45) is 0 Å². The van der Waals surface area contributed by atoms with Crippen LogP contribution in [0, 0.1) is 5.82 Å². The highest BCUT2D eigenvalue weighted by molar-refractivity contribution is 5.94. The molecule has 3 rings (SSSR count). The van der Waals surface area contributed by atoms with Gasteiger partial charge in [-0.2, -0.15) is 0 Å². The Morgan fingerprint density at radius 2 is 1.69 bits per heavy atom. The van der Waals surface area contributed by atoms with E-state index >= 15 is 0 Å². The fraction of sp³-hybridized carbons (Fsp3) is 0.417. The molecule has 2 aromatic carbocycles. The van der Waals surface area contributed by atoms with Crippen molar-refractivity contribution in [3.05, 3.63) is 65.0 Å². The molecule has 1 aliphatic heterocycles. The first kappa shape index (κ1) is 23.5. The zero-order valence-corrected chi connectivity index (χ0v) is 18.9. The minimum absolute atomic E-state index is 0.00259. The molecule has 3 amide bonds. The number of carbonyl (C=O) groups is 2. The average molecular weight is 443 g/mol. The van der Waals surface area contributed by atoms with Crippen LogP contribution in [0.25, 0.3) is 0 Å². The number of hydrogen-bond acceptors (Lipinski definition) is 4. The van der Waals surface area contributed by atoms with Crippen LogP contribution in [-0.4, -0.2) is 61.1 Å². The first-order valence-electron chi connectivity index (χ1n) is 10.8. The fourth-order valence-corrected chi connectivity index (χ4v) is 3.62. The molecule has 32 heavy (non-hydrogen) atoms. The van der Waals surface area contributed by atoms with E-state index in [0.717, 1.165) is 24.2 Å². The number of hydrogen-bond donors (Lipinski definition) is 2. The molecular formula is C24H31FN4O3. The molecule has 0 atom stereocenters. The second-order valence-corrected chi connectivity index (χ2v) is 8.22. The number of halogens is 1. The molecule has 7 nitrogen and oxygen atoms in total. The first-order valence-corrected chi connectivity index (χ1v) is 10.8. The average Bonchev–Trinajstić information content (AvgIpc) is 2.78. The topological polar surface area (TPSA) is 73.9 Å². The maximum atomic E-state index is 13.9. The lowest BCUT2D eigenvalue weighted by Gasteiger charge is -2.34. The van der Waals surface area contributed by atoms with Crippen molar-refractivity contribution >= 4 is 11.9 Å². The molecule has 0 unspecified atom stereocenters. The molecule has 1 aliphatic rings. The molecule has 0 saturated carbocycles. The maximum Gasteiger partial charge on any atom is 0.315 e. The normalized spacial score (nSPS) is 14.3. The van der Waals surface area contributed by atoms with Crippen LogP contribution in [0.1, 0.15) is 35.3 Å². The zero-order chi connectivity index (χ0) is 23.1. The van der Waals surface area contributed by atoms with Gasteiger partial charge in [0, 0.05) is 50.9 Å². The second kappa shape index (κ2) is 10.9. The van der Waals surface area contributed by atoms with Gasteiger partial charge in [0.25, 0.3) is 5.91 Å². The lowest BCUT2D eigenvalue weighted by molar-refractivity contribution is 0.0628. The SMILES string of the molecule is COc1ccc(CN2CCN(C(=O)c3ccc(CNC(=O)NC(C)C)cc3)CC2)cc1F. The number of ether oxygens (including phenoxy) is 1. The smallest absolute Gasteiger partial charge is 0.315 e. The lowest BCUT2D eigenvalue weighted by atomic mass is 10.1. The van der Waals surface area contributed by atoms with Gasteiger partial charge in [0.1, 0.15) is 0 Å². The minimum Gasteiger partial charge on any atom is -0.494 e. The zero-order valence-electron chi connectivity index (χ0n) is 18.9. The van der Waals surface area contributed by atoms with Crippen molar-refractivity contribution < 1.29 is 18.7 Å². The van der Waals surface area contributed by atoms with E-state index in [0.29, 0.717) is 31.7 Å². The van der Waals surface area contributed by atoms with E-state index in [1.807, 2.05) is 36.9 Å². The summed E-state index contributed by atoms with van der Waals surface area (Å²) >= 11 is 0. The van der Waals surface area contributed by atoms with Crippen molar-refractivity contribution in [2.75, 3.05) is 33.3 Å². The molecule has 0 spiro atoms. The van der Waals surface area contributed by atoms with Gasteiger partial charge in [0.15, 0.2) is 11.6 Å². The quantitative estimate of drug-likeness (QED) is 0.692. The maximum absolute atomic E-state index is 13.9. The number of piperazine rings is 1. The van der Waals surface area contributed by atoms with E-state index in [2.05, 4.69) is 15.5 Å². The third-order valence-corrected chi connectivity index (χ3v) is 5.36. The van der Waals surface area contributed by atoms with E-state index in [1.165, 1.54) is 13.2 Å². The number of methoxy groups -OCH3 is 1. The van der Waals surface area contributed by atoms with Crippen LogP contribution in [0.15, 0.2) is 42.5 Å². The summed E-state index contributed by atoms with van der Waals surface area (Å²) in [6.45, 7) is 7.54. The third kappa shape index (κ3) is 6.43. The Morgan fingerprint density at radius 1 is 1.03 bits per heavy atom. The van der Waals surface area contributed by atoms with Gasteiger partial charge in [0.05, 0.1) is 7.11 Å². The molecule has 0 bridgehead atoms.